The van der Waals surface area contributed by atoms with Crippen LogP contribution in [0, 0.1) is 12.8 Å². The van der Waals surface area contributed by atoms with E-state index in [9.17, 15) is 18.0 Å². The largest absolute Gasteiger partial charge is 0.486 e. The molecule has 1 atom stereocenters. The quantitative estimate of drug-likeness (QED) is 0.399. The topological polar surface area (TPSA) is 105 Å². The van der Waals surface area contributed by atoms with E-state index in [1.54, 1.807) is 23.1 Å². The van der Waals surface area contributed by atoms with Gasteiger partial charge >= 0.3 is 0 Å². The maximum atomic E-state index is 13.6. The van der Waals surface area contributed by atoms with Crippen molar-refractivity contribution in [1.29, 1.82) is 0 Å². The van der Waals surface area contributed by atoms with Crippen molar-refractivity contribution >= 4 is 27.5 Å². The molecule has 0 aromatic heterocycles. The van der Waals surface area contributed by atoms with E-state index in [4.69, 9.17) is 9.47 Å². The highest BCUT2D eigenvalue weighted by Crippen LogP contribution is 2.34. The zero-order chi connectivity index (χ0) is 28.6. The van der Waals surface area contributed by atoms with Crippen molar-refractivity contribution in [2.75, 3.05) is 36.9 Å². The zero-order valence-corrected chi connectivity index (χ0v) is 24.4. The molecule has 214 valence electrons. The molecular weight excluding hydrogens is 518 g/mol. The van der Waals surface area contributed by atoms with Crippen LogP contribution in [0.25, 0.3) is 0 Å². The van der Waals surface area contributed by atoms with E-state index in [0.29, 0.717) is 49.9 Å². The van der Waals surface area contributed by atoms with Gasteiger partial charge < -0.3 is 19.7 Å². The Morgan fingerprint density at radius 3 is 2.41 bits per heavy atom. The summed E-state index contributed by atoms with van der Waals surface area (Å²) in [5.74, 6) is 0.975. The van der Waals surface area contributed by atoms with Crippen LogP contribution in [0.3, 0.4) is 0 Å². The number of carbonyl (C=O) groups excluding carboxylic acids is 2. The van der Waals surface area contributed by atoms with Gasteiger partial charge in [-0.05, 0) is 43.4 Å². The third-order valence-electron chi connectivity index (χ3n) is 6.47. The molecule has 1 N–H and O–H groups in total. The highest BCUT2D eigenvalue weighted by Gasteiger charge is 2.29. The van der Waals surface area contributed by atoms with Gasteiger partial charge in [-0.25, -0.2) is 8.42 Å². The summed E-state index contributed by atoms with van der Waals surface area (Å²) in [6.07, 6.45) is 1.99. The first-order valence-corrected chi connectivity index (χ1v) is 15.3. The van der Waals surface area contributed by atoms with Gasteiger partial charge in [0.1, 0.15) is 19.3 Å². The average Bonchev–Trinajstić information content (AvgIpc) is 2.88. The monoisotopic (exact) mass is 559 g/mol. The number of carbonyl (C=O) groups is 2. The summed E-state index contributed by atoms with van der Waals surface area (Å²) in [7, 11) is -3.62. The number of benzene rings is 2. The Bertz CT molecular complexity index is 1250. The molecule has 2 aromatic rings. The molecule has 39 heavy (non-hydrogen) atoms. The van der Waals surface area contributed by atoms with E-state index in [-0.39, 0.29) is 37.1 Å². The normalized spacial score (nSPS) is 13.6. The van der Waals surface area contributed by atoms with E-state index in [2.05, 4.69) is 5.32 Å². The molecule has 1 aliphatic heterocycles. The molecule has 0 saturated carbocycles. The van der Waals surface area contributed by atoms with E-state index in [0.717, 1.165) is 17.4 Å². The summed E-state index contributed by atoms with van der Waals surface area (Å²) >= 11 is 0. The Labute approximate surface area is 232 Å². The lowest BCUT2D eigenvalue weighted by molar-refractivity contribution is -0.141. The number of fused-ring (bicyclic) bond motifs is 1. The van der Waals surface area contributed by atoms with Crippen LogP contribution in [0.5, 0.6) is 11.5 Å². The Kier molecular flexibility index (Phi) is 10.6. The van der Waals surface area contributed by atoms with Crippen molar-refractivity contribution in [3.63, 3.8) is 0 Å². The van der Waals surface area contributed by atoms with Crippen LogP contribution in [0.4, 0.5) is 5.69 Å². The lowest BCUT2D eigenvalue weighted by Gasteiger charge is -2.31. The molecule has 0 aliphatic carbocycles. The molecule has 0 radical (unpaired) electrons. The number of sulfonamides is 1. The SMILES string of the molecule is CCC(C(=O)NCC(C)C)N(Cc1cccc(C)c1)C(=O)CCCN(c1ccc2c(c1)OCCO2)S(C)(=O)=O. The summed E-state index contributed by atoms with van der Waals surface area (Å²) in [6.45, 7) is 9.69. The summed E-state index contributed by atoms with van der Waals surface area (Å²) in [4.78, 5) is 28.3. The Balaban J connectivity index is 1.76. The molecule has 1 unspecified atom stereocenters. The van der Waals surface area contributed by atoms with Crippen molar-refractivity contribution < 1.29 is 27.5 Å². The number of hydrogen-bond acceptors (Lipinski definition) is 6. The van der Waals surface area contributed by atoms with Gasteiger partial charge in [-0.3, -0.25) is 13.9 Å². The Hall–Kier alpha value is -3.27. The Morgan fingerprint density at radius 2 is 1.77 bits per heavy atom. The summed E-state index contributed by atoms with van der Waals surface area (Å²) < 4.78 is 37.8. The van der Waals surface area contributed by atoms with Crippen LogP contribution in [-0.2, 0) is 26.2 Å². The molecule has 0 fully saturated rings. The van der Waals surface area contributed by atoms with Crippen LogP contribution >= 0.6 is 0 Å². The number of anilines is 1. The molecule has 2 amide bonds. The predicted molar refractivity (Wildman–Crippen MR) is 153 cm³/mol. The smallest absolute Gasteiger partial charge is 0.242 e. The third kappa shape index (κ3) is 8.61. The van der Waals surface area contributed by atoms with Crippen LogP contribution in [0.1, 0.15) is 51.2 Å². The summed E-state index contributed by atoms with van der Waals surface area (Å²) in [5, 5.41) is 2.96. The lowest BCUT2D eigenvalue weighted by atomic mass is 10.1. The number of nitrogens with one attached hydrogen (secondary N) is 1. The molecule has 1 aliphatic rings. The zero-order valence-electron chi connectivity index (χ0n) is 23.6. The molecule has 2 aromatic carbocycles. The van der Waals surface area contributed by atoms with Crippen molar-refractivity contribution in [2.45, 2.75) is 59.5 Å². The van der Waals surface area contributed by atoms with Gasteiger partial charge in [-0.1, -0.05) is 50.6 Å². The van der Waals surface area contributed by atoms with Gasteiger partial charge in [0.25, 0.3) is 0 Å². The fraction of sp³-hybridized carbons (Fsp3) is 0.517. The number of rotatable bonds is 13. The van der Waals surface area contributed by atoms with Gasteiger partial charge in [-0.15, -0.1) is 0 Å². The highest BCUT2D eigenvalue weighted by molar-refractivity contribution is 7.92. The molecule has 3 rings (SSSR count). The summed E-state index contributed by atoms with van der Waals surface area (Å²) in [6, 6.07) is 12.3. The summed E-state index contributed by atoms with van der Waals surface area (Å²) in [5.41, 5.74) is 2.46. The maximum Gasteiger partial charge on any atom is 0.242 e. The van der Waals surface area contributed by atoms with Crippen molar-refractivity contribution in [1.82, 2.24) is 10.2 Å². The first-order valence-electron chi connectivity index (χ1n) is 13.5. The van der Waals surface area contributed by atoms with Gasteiger partial charge in [0.05, 0.1) is 11.9 Å². The van der Waals surface area contributed by atoms with Gasteiger partial charge in [0, 0.05) is 32.1 Å². The predicted octanol–water partition coefficient (Wildman–Crippen LogP) is 3.89. The fourth-order valence-electron chi connectivity index (χ4n) is 4.54. The van der Waals surface area contributed by atoms with E-state index >= 15 is 0 Å². The second kappa shape index (κ2) is 13.7. The first kappa shape index (κ1) is 30.3. The van der Waals surface area contributed by atoms with E-state index in [1.807, 2.05) is 52.0 Å². The highest BCUT2D eigenvalue weighted by atomic mass is 32.2. The molecule has 0 saturated heterocycles. The van der Waals surface area contributed by atoms with E-state index < -0.39 is 16.1 Å². The molecule has 0 spiro atoms. The molecule has 0 bridgehead atoms. The Morgan fingerprint density at radius 1 is 1.05 bits per heavy atom. The maximum absolute atomic E-state index is 13.6. The lowest BCUT2D eigenvalue weighted by Crippen LogP contribution is -2.49. The van der Waals surface area contributed by atoms with Crippen LogP contribution in [0.2, 0.25) is 0 Å². The number of amides is 2. The molecular formula is C29H41N3O6S. The number of ether oxygens (including phenoxy) is 2. The average molecular weight is 560 g/mol. The van der Waals surface area contributed by atoms with E-state index in [1.165, 1.54) is 4.31 Å². The molecule has 10 heteroatoms. The van der Waals surface area contributed by atoms with Gasteiger partial charge in [-0.2, -0.15) is 0 Å². The van der Waals surface area contributed by atoms with Crippen LogP contribution in [-0.4, -0.2) is 63.7 Å². The molecule has 9 nitrogen and oxygen atoms in total. The first-order chi connectivity index (χ1) is 18.5. The number of aryl methyl sites for hydroxylation is 1. The standard InChI is InChI=1S/C29H41N3O6S/c1-6-25(29(34)30-19-21(2)3)31(20-23-10-7-9-22(4)17-23)28(33)11-8-14-32(39(5,35)36)24-12-13-26-27(18-24)38-16-15-37-26/h7,9-10,12-13,17-18,21,25H,6,8,11,14-16,19-20H2,1-5H3,(H,30,34). The fourth-order valence-corrected chi connectivity index (χ4v) is 5.50. The minimum absolute atomic E-state index is 0.0936. The third-order valence-corrected chi connectivity index (χ3v) is 7.67. The van der Waals surface area contributed by atoms with Crippen molar-refractivity contribution in [3.05, 3.63) is 53.6 Å². The van der Waals surface area contributed by atoms with Crippen LogP contribution in [0.15, 0.2) is 42.5 Å². The van der Waals surface area contributed by atoms with Crippen LogP contribution < -0.4 is 19.1 Å². The van der Waals surface area contributed by atoms with Crippen molar-refractivity contribution in [3.8, 4) is 11.5 Å². The second-order valence-corrected chi connectivity index (χ2v) is 12.2. The minimum Gasteiger partial charge on any atom is -0.486 e. The number of nitrogens with zero attached hydrogens (tertiary/aromatic N) is 2. The van der Waals surface area contributed by atoms with Crippen molar-refractivity contribution in [2.24, 2.45) is 5.92 Å². The van der Waals surface area contributed by atoms with Gasteiger partial charge in [0.15, 0.2) is 11.5 Å². The minimum atomic E-state index is -3.62. The number of hydrogen-bond donors (Lipinski definition) is 1. The molecule has 1 heterocycles. The second-order valence-electron chi connectivity index (χ2n) is 10.3. The van der Waals surface area contributed by atoms with Gasteiger partial charge in [0.2, 0.25) is 21.8 Å².